The Kier molecular flexibility index (Phi) is 3.70. The lowest BCUT2D eigenvalue weighted by Gasteiger charge is -2.25. The van der Waals surface area contributed by atoms with Crippen LogP contribution in [0.2, 0.25) is 5.15 Å². The molecule has 1 aliphatic rings. The van der Waals surface area contributed by atoms with Crippen molar-refractivity contribution in [1.82, 2.24) is 9.88 Å². The van der Waals surface area contributed by atoms with Crippen LogP contribution in [0.4, 0.5) is 0 Å². The van der Waals surface area contributed by atoms with E-state index in [1.54, 1.807) is 6.20 Å². The minimum Gasteiger partial charge on any atom is -0.331 e. The third kappa shape index (κ3) is 2.41. The second-order valence-electron chi connectivity index (χ2n) is 4.91. The number of halogens is 1. The first-order chi connectivity index (χ1) is 9.77. The largest absolute Gasteiger partial charge is 0.331 e. The van der Waals surface area contributed by atoms with Gasteiger partial charge in [-0.2, -0.15) is 0 Å². The van der Waals surface area contributed by atoms with Gasteiger partial charge in [-0.3, -0.25) is 4.79 Å². The molecule has 1 aromatic heterocycles. The van der Waals surface area contributed by atoms with E-state index in [0.717, 1.165) is 30.5 Å². The van der Waals surface area contributed by atoms with E-state index in [9.17, 15) is 4.79 Å². The molecule has 1 fully saturated rings. The Hall–Kier alpha value is -1.87. The van der Waals surface area contributed by atoms with Gasteiger partial charge < -0.3 is 4.90 Å². The van der Waals surface area contributed by atoms with Crippen LogP contribution in [0, 0.1) is 0 Å². The third-order valence-corrected chi connectivity index (χ3v) is 4.00. The van der Waals surface area contributed by atoms with Crippen LogP contribution in [0.1, 0.15) is 34.8 Å². The van der Waals surface area contributed by atoms with Crippen molar-refractivity contribution in [1.29, 1.82) is 0 Å². The van der Waals surface area contributed by atoms with Crippen molar-refractivity contribution in [3.8, 4) is 0 Å². The lowest BCUT2D eigenvalue weighted by Crippen LogP contribution is -2.30. The van der Waals surface area contributed by atoms with Gasteiger partial charge in [-0.15, -0.1) is 0 Å². The summed E-state index contributed by atoms with van der Waals surface area (Å²) in [5, 5.41) is 0.491. The lowest BCUT2D eigenvalue weighted by atomic mass is 10.1. The summed E-state index contributed by atoms with van der Waals surface area (Å²) in [6, 6.07) is 13.2. The molecule has 0 spiro atoms. The Bertz CT molecular complexity index is 615. The summed E-state index contributed by atoms with van der Waals surface area (Å²) < 4.78 is 0. The summed E-state index contributed by atoms with van der Waals surface area (Å²) in [4.78, 5) is 18.6. The van der Waals surface area contributed by atoms with E-state index in [4.69, 9.17) is 11.6 Å². The van der Waals surface area contributed by atoms with Gasteiger partial charge in [0.25, 0.3) is 5.91 Å². The summed E-state index contributed by atoms with van der Waals surface area (Å²) in [6.45, 7) is 0.767. The summed E-state index contributed by atoms with van der Waals surface area (Å²) in [5.41, 5.74) is 1.66. The maximum atomic E-state index is 12.6. The molecule has 1 atom stereocenters. The van der Waals surface area contributed by atoms with Gasteiger partial charge in [0, 0.05) is 23.9 Å². The SMILES string of the molecule is O=C(c1ccccc1)N1CCCC1c1cccnc1Cl. The Balaban J connectivity index is 1.90. The Morgan fingerprint density at radius 3 is 2.75 bits per heavy atom. The third-order valence-electron chi connectivity index (χ3n) is 3.68. The summed E-state index contributed by atoms with van der Waals surface area (Å²) in [5.74, 6) is 0.0630. The van der Waals surface area contributed by atoms with Crippen molar-refractivity contribution >= 4 is 17.5 Å². The smallest absolute Gasteiger partial charge is 0.254 e. The zero-order valence-corrected chi connectivity index (χ0v) is 11.8. The number of benzene rings is 1. The Labute approximate surface area is 123 Å². The fourth-order valence-corrected chi connectivity index (χ4v) is 2.97. The number of rotatable bonds is 2. The fraction of sp³-hybridized carbons (Fsp3) is 0.250. The first-order valence-electron chi connectivity index (χ1n) is 6.74. The van der Waals surface area contributed by atoms with Crippen LogP contribution in [-0.2, 0) is 0 Å². The number of aromatic nitrogens is 1. The predicted molar refractivity (Wildman–Crippen MR) is 78.7 cm³/mol. The first-order valence-corrected chi connectivity index (χ1v) is 7.11. The molecule has 2 aromatic rings. The molecule has 0 aliphatic carbocycles. The van der Waals surface area contributed by atoms with E-state index in [1.807, 2.05) is 47.4 Å². The van der Waals surface area contributed by atoms with Gasteiger partial charge in [0.15, 0.2) is 0 Å². The van der Waals surface area contributed by atoms with E-state index < -0.39 is 0 Å². The molecule has 0 saturated carbocycles. The molecule has 0 N–H and O–H groups in total. The highest BCUT2D eigenvalue weighted by Gasteiger charge is 2.31. The first kappa shape index (κ1) is 13.1. The molecule has 0 radical (unpaired) electrons. The van der Waals surface area contributed by atoms with Crippen LogP contribution in [-0.4, -0.2) is 22.3 Å². The minimum atomic E-state index is 0.0314. The van der Waals surface area contributed by atoms with Gasteiger partial charge in [-0.1, -0.05) is 35.9 Å². The zero-order chi connectivity index (χ0) is 13.9. The molecule has 1 unspecified atom stereocenters. The monoisotopic (exact) mass is 286 g/mol. The fourth-order valence-electron chi connectivity index (χ4n) is 2.73. The van der Waals surface area contributed by atoms with E-state index in [0.29, 0.717) is 5.15 Å². The summed E-state index contributed by atoms with van der Waals surface area (Å²) >= 11 is 6.17. The molecule has 20 heavy (non-hydrogen) atoms. The van der Waals surface area contributed by atoms with Gasteiger partial charge >= 0.3 is 0 Å². The van der Waals surface area contributed by atoms with Crippen molar-refractivity contribution in [3.05, 3.63) is 64.9 Å². The van der Waals surface area contributed by atoms with Crippen molar-refractivity contribution in [2.24, 2.45) is 0 Å². The molecule has 4 heteroatoms. The van der Waals surface area contributed by atoms with Crippen LogP contribution >= 0.6 is 11.6 Å². The highest BCUT2D eigenvalue weighted by Crippen LogP contribution is 2.35. The standard InChI is InChI=1S/C16H15ClN2O/c17-15-13(8-4-10-18-15)14-9-5-11-19(14)16(20)12-6-2-1-3-7-12/h1-4,6-8,10,14H,5,9,11H2. The van der Waals surface area contributed by atoms with Gasteiger partial charge in [-0.05, 0) is 31.0 Å². The summed E-state index contributed by atoms with van der Waals surface area (Å²) in [7, 11) is 0. The van der Waals surface area contributed by atoms with E-state index in [-0.39, 0.29) is 11.9 Å². The van der Waals surface area contributed by atoms with Crippen molar-refractivity contribution < 1.29 is 4.79 Å². The molecule has 3 rings (SSSR count). The predicted octanol–water partition coefficient (Wildman–Crippen LogP) is 3.71. The maximum Gasteiger partial charge on any atom is 0.254 e. The molecule has 2 heterocycles. The van der Waals surface area contributed by atoms with Crippen LogP contribution in [0.3, 0.4) is 0 Å². The second kappa shape index (κ2) is 5.63. The average Bonchev–Trinajstić information content (AvgIpc) is 2.97. The van der Waals surface area contributed by atoms with Gasteiger partial charge in [0.2, 0.25) is 0 Å². The van der Waals surface area contributed by atoms with Gasteiger partial charge in [0.1, 0.15) is 5.15 Å². The highest BCUT2D eigenvalue weighted by molar-refractivity contribution is 6.30. The molecule has 3 nitrogen and oxygen atoms in total. The number of nitrogens with zero attached hydrogens (tertiary/aromatic N) is 2. The Morgan fingerprint density at radius 2 is 2.00 bits per heavy atom. The highest BCUT2D eigenvalue weighted by atomic mass is 35.5. The van der Waals surface area contributed by atoms with Crippen molar-refractivity contribution in [3.63, 3.8) is 0 Å². The average molecular weight is 287 g/mol. The van der Waals surface area contributed by atoms with Crippen LogP contribution < -0.4 is 0 Å². The number of hydrogen-bond donors (Lipinski definition) is 0. The van der Waals surface area contributed by atoms with Gasteiger partial charge in [-0.25, -0.2) is 4.98 Å². The normalized spacial score (nSPS) is 18.2. The van der Waals surface area contributed by atoms with E-state index in [1.165, 1.54) is 0 Å². The van der Waals surface area contributed by atoms with Crippen LogP contribution in [0.25, 0.3) is 0 Å². The molecule has 1 aliphatic heterocycles. The Morgan fingerprint density at radius 1 is 1.20 bits per heavy atom. The van der Waals surface area contributed by atoms with Crippen LogP contribution in [0.5, 0.6) is 0 Å². The minimum absolute atomic E-state index is 0.0314. The maximum absolute atomic E-state index is 12.6. The van der Waals surface area contributed by atoms with Crippen molar-refractivity contribution in [2.75, 3.05) is 6.54 Å². The second-order valence-corrected chi connectivity index (χ2v) is 5.26. The number of amides is 1. The van der Waals surface area contributed by atoms with Crippen LogP contribution in [0.15, 0.2) is 48.7 Å². The summed E-state index contributed by atoms with van der Waals surface area (Å²) in [6.07, 6.45) is 3.60. The zero-order valence-electron chi connectivity index (χ0n) is 11.0. The van der Waals surface area contributed by atoms with Crippen molar-refractivity contribution in [2.45, 2.75) is 18.9 Å². The molecule has 0 bridgehead atoms. The lowest BCUT2D eigenvalue weighted by molar-refractivity contribution is 0.0735. The molecule has 1 aromatic carbocycles. The number of pyridine rings is 1. The number of hydrogen-bond acceptors (Lipinski definition) is 2. The number of carbonyl (C=O) groups excluding carboxylic acids is 1. The molecule has 1 amide bonds. The molecular formula is C16H15ClN2O. The number of carbonyl (C=O) groups is 1. The molecular weight excluding hydrogens is 272 g/mol. The topological polar surface area (TPSA) is 33.2 Å². The number of likely N-dealkylation sites (tertiary alicyclic amines) is 1. The molecule has 102 valence electrons. The quantitative estimate of drug-likeness (QED) is 0.789. The molecule has 1 saturated heterocycles. The van der Waals surface area contributed by atoms with E-state index in [2.05, 4.69) is 4.98 Å². The van der Waals surface area contributed by atoms with E-state index >= 15 is 0 Å². The van der Waals surface area contributed by atoms with Gasteiger partial charge in [0.05, 0.1) is 6.04 Å².